The zero-order valence-corrected chi connectivity index (χ0v) is 12.3. The minimum atomic E-state index is 0.299. The van der Waals surface area contributed by atoms with Gasteiger partial charge >= 0.3 is 0 Å². The minimum absolute atomic E-state index is 0.299. The van der Waals surface area contributed by atoms with Gasteiger partial charge in [0.1, 0.15) is 0 Å². The molecule has 0 amide bonds. The highest BCUT2D eigenvalue weighted by molar-refractivity contribution is 5.00. The lowest BCUT2D eigenvalue weighted by molar-refractivity contribution is 0.287. The molecule has 18 heavy (non-hydrogen) atoms. The summed E-state index contributed by atoms with van der Waals surface area (Å²) in [6, 6.07) is 2.40. The van der Waals surface area contributed by atoms with Crippen LogP contribution in [-0.4, -0.2) is 34.3 Å². The van der Waals surface area contributed by atoms with E-state index >= 15 is 0 Å². The average molecular weight is 252 g/mol. The van der Waals surface area contributed by atoms with Crippen molar-refractivity contribution in [3.8, 4) is 0 Å². The van der Waals surface area contributed by atoms with Crippen molar-refractivity contribution in [2.75, 3.05) is 13.6 Å². The molecule has 0 spiro atoms. The van der Waals surface area contributed by atoms with Crippen molar-refractivity contribution in [3.05, 3.63) is 18.0 Å². The summed E-state index contributed by atoms with van der Waals surface area (Å²) in [5.74, 6) is 0.559. The van der Waals surface area contributed by atoms with E-state index in [1.54, 1.807) is 0 Å². The summed E-state index contributed by atoms with van der Waals surface area (Å²) >= 11 is 0. The third kappa shape index (κ3) is 4.78. The summed E-state index contributed by atoms with van der Waals surface area (Å²) in [7, 11) is 2.15. The van der Waals surface area contributed by atoms with E-state index in [-0.39, 0.29) is 0 Å². The molecule has 0 fully saturated rings. The molecule has 0 radical (unpaired) electrons. The van der Waals surface area contributed by atoms with E-state index in [1.807, 2.05) is 6.20 Å². The van der Waals surface area contributed by atoms with Gasteiger partial charge in [-0.3, -0.25) is 4.68 Å². The molecule has 2 N–H and O–H groups in total. The Morgan fingerprint density at radius 1 is 1.44 bits per heavy atom. The molecule has 104 valence electrons. The van der Waals surface area contributed by atoms with E-state index in [9.17, 15) is 0 Å². The molecule has 0 aliphatic carbocycles. The van der Waals surface area contributed by atoms with E-state index in [0.717, 1.165) is 32.5 Å². The SMILES string of the molecule is CCCn1nccc1CN(C)CCC(N)C(C)C. The molecule has 0 aliphatic heterocycles. The molecule has 1 heterocycles. The maximum absolute atomic E-state index is 6.07. The Morgan fingerprint density at radius 3 is 2.78 bits per heavy atom. The highest BCUT2D eigenvalue weighted by Gasteiger charge is 2.10. The average Bonchev–Trinajstić information content (AvgIpc) is 2.74. The van der Waals surface area contributed by atoms with Gasteiger partial charge in [-0.2, -0.15) is 5.10 Å². The largest absolute Gasteiger partial charge is 0.327 e. The van der Waals surface area contributed by atoms with E-state index in [0.29, 0.717) is 12.0 Å². The van der Waals surface area contributed by atoms with Gasteiger partial charge in [0, 0.05) is 25.3 Å². The van der Waals surface area contributed by atoms with Crippen LogP contribution in [0.4, 0.5) is 0 Å². The van der Waals surface area contributed by atoms with Gasteiger partial charge in [-0.05, 0) is 38.4 Å². The first kappa shape index (κ1) is 15.2. The number of hydrogen-bond acceptors (Lipinski definition) is 3. The fraction of sp³-hybridized carbons (Fsp3) is 0.786. The van der Waals surface area contributed by atoms with Crippen LogP contribution in [0.3, 0.4) is 0 Å². The molecular weight excluding hydrogens is 224 g/mol. The number of aryl methyl sites for hydroxylation is 1. The fourth-order valence-electron chi connectivity index (χ4n) is 1.97. The molecule has 0 aliphatic rings. The fourth-order valence-corrected chi connectivity index (χ4v) is 1.97. The van der Waals surface area contributed by atoms with Crippen LogP contribution in [0.15, 0.2) is 12.3 Å². The van der Waals surface area contributed by atoms with Crippen LogP contribution in [0.25, 0.3) is 0 Å². The van der Waals surface area contributed by atoms with E-state index in [1.165, 1.54) is 5.69 Å². The minimum Gasteiger partial charge on any atom is -0.327 e. The van der Waals surface area contributed by atoms with Gasteiger partial charge in [0.05, 0.1) is 5.69 Å². The highest BCUT2D eigenvalue weighted by atomic mass is 15.3. The van der Waals surface area contributed by atoms with Gasteiger partial charge in [0.15, 0.2) is 0 Å². The van der Waals surface area contributed by atoms with Crippen LogP contribution < -0.4 is 5.73 Å². The molecule has 0 aromatic carbocycles. The smallest absolute Gasteiger partial charge is 0.0524 e. The number of hydrogen-bond donors (Lipinski definition) is 1. The number of rotatable bonds is 8. The van der Waals surface area contributed by atoms with Crippen LogP contribution >= 0.6 is 0 Å². The quantitative estimate of drug-likeness (QED) is 0.770. The highest BCUT2D eigenvalue weighted by Crippen LogP contribution is 2.07. The van der Waals surface area contributed by atoms with Crippen molar-refractivity contribution in [2.45, 2.75) is 52.7 Å². The summed E-state index contributed by atoms with van der Waals surface area (Å²) in [5, 5.41) is 4.35. The predicted molar refractivity (Wildman–Crippen MR) is 76.3 cm³/mol. The van der Waals surface area contributed by atoms with Gasteiger partial charge in [-0.25, -0.2) is 0 Å². The zero-order chi connectivity index (χ0) is 13.5. The number of nitrogens with two attached hydrogens (primary N) is 1. The van der Waals surface area contributed by atoms with Crippen molar-refractivity contribution < 1.29 is 0 Å². The summed E-state index contributed by atoms with van der Waals surface area (Å²) < 4.78 is 2.10. The van der Waals surface area contributed by atoms with Crippen LogP contribution in [0.1, 0.15) is 39.3 Å². The van der Waals surface area contributed by atoms with Gasteiger partial charge in [0.25, 0.3) is 0 Å². The Kier molecular flexibility index (Phi) is 6.36. The van der Waals surface area contributed by atoms with Crippen molar-refractivity contribution in [1.82, 2.24) is 14.7 Å². The summed E-state index contributed by atoms with van der Waals surface area (Å²) in [5.41, 5.74) is 7.36. The van der Waals surface area contributed by atoms with Crippen LogP contribution in [0, 0.1) is 5.92 Å². The molecule has 1 atom stereocenters. The van der Waals surface area contributed by atoms with Crippen molar-refractivity contribution in [1.29, 1.82) is 0 Å². The maximum Gasteiger partial charge on any atom is 0.0524 e. The van der Waals surface area contributed by atoms with E-state index < -0.39 is 0 Å². The third-order valence-electron chi connectivity index (χ3n) is 3.37. The Hall–Kier alpha value is -0.870. The van der Waals surface area contributed by atoms with Crippen LogP contribution in [0.2, 0.25) is 0 Å². The molecule has 1 aromatic heterocycles. The molecule has 4 nitrogen and oxygen atoms in total. The van der Waals surface area contributed by atoms with Crippen molar-refractivity contribution >= 4 is 0 Å². The topological polar surface area (TPSA) is 47.1 Å². The lowest BCUT2D eigenvalue weighted by Gasteiger charge is -2.21. The lowest BCUT2D eigenvalue weighted by atomic mass is 10.0. The second kappa shape index (κ2) is 7.54. The number of nitrogens with zero attached hydrogens (tertiary/aromatic N) is 3. The number of aromatic nitrogens is 2. The Morgan fingerprint density at radius 2 is 2.17 bits per heavy atom. The second-order valence-corrected chi connectivity index (χ2v) is 5.48. The second-order valence-electron chi connectivity index (χ2n) is 5.48. The zero-order valence-electron chi connectivity index (χ0n) is 12.3. The molecule has 0 saturated heterocycles. The van der Waals surface area contributed by atoms with Crippen LogP contribution in [-0.2, 0) is 13.1 Å². The summed E-state index contributed by atoms with van der Waals surface area (Å²) in [4.78, 5) is 2.32. The van der Waals surface area contributed by atoms with Gasteiger partial charge in [-0.15, -0.1) is 0 Å². The van der Waals surface area contributed by atoms with Gasteiger partial charge in [-0.1, -0.05) is 20.8 Å². The third-order valence-corrected chi connectivity index (χ3v) is 3.37. The first-order valence-electron chi connectivity index (χ1n) is 6.99. The van der Waals surface area contributed by atoms with Crippen molar-refractivity contribution in [3.63, 3.8) is 0 Å². The van der Waals surface area contributed by atoms with Gasteiger partial charge in [0.2, 0.25) is 0 Å². The molecule has 1 aromatic rings. The summed E-state index contributed by atoms with van der Waals surface area (Å²) in [6.45, 7) is 9.53. The normalized spacial score (nSPS) is 13.5. The lowest BCUT2D eigenvalue weighted by Crippen LogP contribution is -2.32. The molecule has 1 unspecified atom stereocenters. The monoisotopic (exact) mass is 252 g/mol. The molecular formula is C14H28N4. The molecule has 0 bridgehead atoms. The summed E-state index contributed by atoms with van der Waals surface area (Å²) in [6.07, 6.45) is 4.06. The van der Waals surface area contributed by atoms with E-state index in [4.69, 9.17) is 5.73 Å². The molecule has 1 rings (SSSR count). The van der Waals surface area contributed by atoms with Crippen molar-refractivity contribution in [2.24, 2.45) is 11.7 Å². The Balaban J connectivity index is 2.39. The molecule has 0 saturated carbocycles. The first-order valence-corrected chi connectivity index (χ1v) is 6.99. The van der Waals surface area contributed by atoms with Crippen LogP contribution in [0.5, 0.6) is 0 Å². The van der Waals surface area contributed by atoms with Gasteiger partial charge < -0.3 is 10.6 Å². The molecule has 4 heteroatoms. The Labute approximate surface area is 111 Å². The predicted octanol–water partition coefficient (Wildman–Crippen LogP) is 2.10. The Bertz CT molecular complexity index is 332. The van der Waals surface area contributed by atoms with E-state index in [2.05, 4.69) is 48.6 Å². The maximum atomic E-state index is 6.07. The standard InChI is InChI=1S/C14H28N4/c1-5-9-18-13(6-8-16-18)11-17(4)10-7-14(15)12(2)3/h6,8,12,14H,5,7,9-11,15H2,1-4H3. The first-order chi connectivity index (χ1) is 8.54.